The first kappa shape index (κ1) is 52.5. The predicted molar refractivity (Wildman–Crippen MR) is 229 cm³/mol. The number of phosphoric ester groups is 1. The van der Waals surface area contributed by atoms with Gasteiger partial charge in [-0.15, -0.1) is 0 Å². The zero-order chi connectivity index (χ0) is 40.3. The van der Waals surface area contributed by atoms with Crippen molar-refractivity contribution in [3.05, 3.63) is 72.9 Å². The highest BCUT2D eigenvalue weighted by atomic mass is 31.2. The molecule has 0 aliphatic rings. The van der Waals surface area contributed by atoms with Crippen LogP contribution in [-0.4, -0.2) is 49.3 Å². The van der Waals surface area contributed by atoms with Crippen molar-refractivity contribution in [2.24, 2.45) is 5.73 Å². The van der Waals surface area contributed by atoms with Crippen LogP contribution >= 0.6 is 7.82 Å². The Morgan fingerprint density at radius 1 is 0.564 bits per heavy atom. The molecule has 3 N–H and O–H groups in total. The summed E-state index contributed by atoms with van der Waals surface area (Å²) in [4.78, 5) is 34.6. The number of hydrogen-bond donors (Lipinski definition) is 2. The van der Waals surface area contributed by atoms with Crippen LogP contribution < -0.4 is 5.73 Å². The third-order valence-electron chi connectivity index (χ3n) is 8.61. The Kier molecular flexibility index (Phi) is 39.2. The summed E-state index contributed by atoms with van der Waals surface area (Å²) in [6.45, 7) is 3.54. The second kappa shape index (κ2) is 41.1. The zero-order valence-corrected chi connectivity index (χ0v) is 35.5. The van der Waals surface area contributed by atoms with Crippen LogP contribution in [0.1, 0.15) is 168 Å². The van der Waals surface area contributed by atoms with Gasteiger partial charge < -0.3 is 20.1 Å². The number of unbranched alkanes of at least 4 members (excludes halogenated alkanes) is 14. The van der Waals surface area contributed by atoms with E-state index in [1.54, 1.807) is 0 Å². The van der Waals surface area contributed by atoms with Gasteiger partial charge in [-0.25, -0.2) is 4.57 Å². The summed E-state index contributed by atoms with van der Waals surface area (Å²) in [5.41, 5.74) is 5.33. The third-order valence-corrected chi connectivity index (χ3v) is 9.59. The van der Waals surface area contributed by atoms with Gasteiger partial charge in [0.1, 0.15) is 6.61 Å². The average Bonchev–Trinajstić information content (AvgIpc) is 3.17. The lowest BCUT2D eigenvalue weighted by atomic mass is 10.1. The molecular weight excluding hydrogens is 713 g/mol. The smallest absolute Gasteiger partial charge is 0.462 e. The normalized spacial score (nSPS) is 14.0. The third kappa shape index (κ3) is 40.9. The fraction of sp³-hybridized carbons (Fsp3) is 0.689. The van der Waals surface area contributed by atoms with Crippen molar-refractivity contribution in [3.63, 3.8) is 0 Å². The summed E-state index contributed by atoms with van der Waals surface area (Å²) in [5.74, 6) is -0.850. The molecule has 0 aromatic rings. The van der Waals surface area contributed by atoms with E-state index >= 15 is 0 Å². The van der Waals surface area contributed by atoms with E-state index in [2.05, 4.69) is 86.8 Å². The minimum absolute atomic E-state index is 0.0492. The Bertz CT molecular complexity index is 1130. The van der Waals surface area contributed by atoms with Gasteiger partial charge in [-0.1, -0.05) is 164 Å². The molecule has 0 radical (unpaired) electrons. The van der Waals surface area contributed by atoms with E-state index in [1.807, 2.05) is 0 Å². The van der Waals surface area contributed by atoms with Crippen LogP contribution in [0.5, 0.6) is 0 Å². The van der Waals surface area contributed by atoms with Crippen molar-refractivity contribution in [1.29, 1.82) is 0 Å². The molecule has 0 saturated carbocycles. The maximum atomic E-state index is 12.5. The van der Waals surface area contributed by atoms with E-state index in [0.29, 0.717) is 6.42 Å². The molecule has 0 aliphatic heterocycles. The number of nitrogens with two attached hydrogens (primary N) is 1. The summed E-state index contributed by atoms with van der Waals surface area (Å²) < 4.78 is 32.6. The number of hydrogen-bond acceptors (Lipinski definition) is 8. The maximum Gasteiger partial charge on any atom is 0.472 e. The van der Waals surface area contributed by atoms with Crippen molar-refractivity contribution < 1.29 is 37.6 Å². The highest BCUT2D eigenvalue weighted by Crippen LogP contribution is 2.43. The Balaban J connectivity index is 4.04. The van der Waals surface area contributed by atoms with Crippen molar-refractivity contribution in [2.75, 3.05) is 26.4 Å². The Morgan fingerprint density at radius 2 is 1.00 bits per heavy atom. The quantitative estimate of drug-likeness (QED) is 0.0270. The van der Waals surface area contributed by atoms with Gasteiger partial charge in [-0.3, -0.25) is 18.6 Å². The molecule has 0 fully saturated rings. The van der Waals surface area contributed by atoms with E-state index < -0.39 is 32.5 Å². The molecule has 0 aliphatic carbocycles. The monoisotopic (exact) mass is 792 g/mol. The lowest BCUT2D eigenvalue weighted by molar-refractivity contribution is -0.161. The highest BCUT2D eigenvalue weighted by molar-refractivity contribution is 7.47. The SMILES string of the molecule is CC/C=C\C/C=C\C/C=C\C/C=C\C/C=C\C/C=C\CCCCCCCCCCC(=O)OC(COC(=O)CCCCCCCCC)COP(=O)(O)OCCN. The van der Waals surface area contributed by atoms with E-state index in [9.17, 15) is 19.0 Å². The van der Waals surface area contributed by atoms with Gasteiger partial charge in [-0.2, -0.15) is 0 Å². The van der Waals surface area contributed by atoms with Gasteiger partial charge in [0.05, 0.1) is 13.2 Å². The topological polar surface area (TPSA) is 134 Å². The summed E-state index contributed by atoms with van der Waals surface area (Å²) >= 11 is 0. The molecule has 316 valence electrons. The lowest BCUT2D eigenvalue weighted by Gasteiger charge is -2.19. The number of ether oxygens (including phenoxy) is 2. The standard InChI is InChI=1S/C45H78NO8P/c1-3-5-7-9-11-12-13-14-15-16-17-18-19-20-21-22-23-24-25-26-27-28-29-30-32-34-36-38-45(48)54-43(42-53-55(49,50)52-40-39-46)41-51-44(47)37-35-33-31-10-8-6-4-2/h5,7,11-12,14-15,17-18,20-21,23-24,43H,3-4,6,8-10,13,16,19,22,25-42,46H2,1-2H3,(H,49,50)/b7-5-,12-11-,15-14-,18-17-,21-20-,24-23-. The van der Waals surface area contributed by atoms with Crippen LogP contribution in [0.3, 0.4) is 0 Å². The Hall–Kier alpha value is -2.55. The minimum Gasteiger partial charge on any atom is -0.462 e. The van der Waals surface area contributed by atoms with Crippen LogP contribution in [0.4, 0.5) is 0 Å². The van der Waals surface area contributed by atoms with Gasteiger partial charge >= 0.3 is 19.8 Å². The number of allylic oxidation sites excluding steroid dienone is 12. The predicted octanol–water partition coefficient (Wildman–Crippen LogP) is 12.3. The van der Waals surface area contributed by atoms with Crippen molar-refractivity contribution in [1.82, 2.24) is 0 Å². The molecule has 2 unspecified atom stereocenters. The van der Waals surface area contributed by atoms with Crippen molar-refractivity contribution >= 4 is 19.8 Å². The number of esters is 2. The van der Waals surface area contributed by atoms with Crippen LogP contribution in [0.2, 0.25) is 0 Å². The number of carbonyl (C=O) groups is 2. The van der Waals surface area contributed by atoms with Crippen LogP contribution in [-0.2, 0) is 32.7 Å². The number of carbonyl (C=O) groups excluding carboxylic acids is 2. The highest BCUT2D eigenvalue weighted by Gasteiger charge is 2.26. The first-order valence-corrected chi connectivity index (χ1v) is 22.9. The summed E-state index contributed by atoms with van der Waals surface area (Å²) in [6, 6.07) is 0. The van der Waals surface area contributed by atoms with Crippen LogP contribution in [0.25, 0.3) is 0 Å². The average molecular weight is 792 g/mol. The summed E-state index contributed by atoms with van der Waals surface area (Å²) in [6.07, 6.45) is 49.6. The van der Waals surface area contributed by atoms with Crippen LogP contribution in [0, 0.1) is 0 Å². The fourth-order valence-electron chi connectivity index (χ4n) is 5.46. The minimum atomic E-state index is -4.37. The van der Waals surface area contributed by atoms with E-state index in [1.165, 1.54) is 44.9 Å². The lowest BCUT2D eigenvalue weighted by Crippen LogP contribution is -2.29. The zero-order valence-electron chi connectivity index (χ0n) is 34.6. The molecule has 0 rings (SSSR count). The molecule has 9 nitrogen and oxygen atoms in total. The van der Waals surface area contributed by atoms with Crippen molar-refractivity contribution in [2.45, 2.75) is 174 Å². The Labute approximate surface area is 335 Å². The molecule has 2 atom stereocenters. The van der Waals surface area contributed by atoms with Gasteiger partial charge in [0.15, 0.2) is 6.10 Å². The molecule has 0 saturated heterocycles. The number of rotatable bonds is 39. The van der Waals surface area contributed by atoms with E-state index in [0.717, 1.165) is 89.9 Å². The van der Waals surface area contributed by atoms with Gasteiger partial charge in [0, 0.05) is 19.4 Å². The largest absolute Gasteiger partial charge is 0.472 e. The van der Waals surface area contributed by atoms with Crippen LogP contribution in [0.15, 0.2) is 72.9 Å². The maximum absolute atomic E-state index is 12.5. The molecule has 0 heterocycles. The summed E-state index contributed by atoms with van der Waals surface area (Å²) in [7, 11) is -4.37. The van der Waals surface area contributed by atoms with Crippen molar-refractivity contribution in [3.8, 4) is 0 Å². The van der Waals surface area contributed by atoms with Gasteiger partial charge in [0.25, 0.3) is 0 Å². The molecule has 0 amide bonds. The van der Waals surface area contributed by atoms with Gasteiger partial charge in [-0.05, 0) is 64.2 Å². The molecule has 10 heteroatoms. The molecule has 0 bridgehead atoms. The molecule has 0 aromatic carbocycles. The molecule has 0 aromatic heterocycles. The summed E-state index contributed by atoms with van der Waals surface area (Å²) in [5, 5.41) is 0. The second-order valence-electron chi connectivity index (χ2n) is 13.8. The Morgan fingerprint density at radius 3 is 1.49 bits per heavy atom. The first-order valence-electron chi connectivity index (χ1n) is 21.4. The number of phosphoric acid groups is 1. The fourth-order valence-corrected chi connectivity index (χ4v) is 6.23. The molecule has 0 spiro atoms. The van der Waals surface area contributed by atoms with Gasteiger partial charge in [0.2, 0.25) is 0 Å². The molecule has 55 heavy (non-hydrogen) atoms. The molecular formula is C45H78NO8P. The van der Waals surface area contributed by atoms with E-state index in [-0.39, 0.29) is 32.6 Å². The van der Waals surface area contributed by atoms with E-state index in [4.69, 9.17) is 24.3 Å². The first-order chi connectivity index (χ1) is 26.8. The second-order valence-corrected chi connectivity index (χ2v) is 15.3.